The van der Waals surface area contributed by atoms with E-state index in [1.165, 1.54) is 36.4 Å². The predicted octanol–water partition coefficient (Wildman–Crippen LogP) is 5.46. The Bertz CT molecular complexity index is 830. The van der Waals surface area contributed by atoms with E-state index in [1.807, 2.05) is 0 Å². The standard InChI is InChI=1S/C20H13F3/c21-13-3-1-12(2-4-13)9-18-16-7-5-14(22)10-19(16)20-11-15(23)6-8-17(18)20/h1-8,10-11,18H,9H2. The SMILES string of the molecule is Fc1ccc(CC2c3ccc(F)cc3-c3cc(F)ccc32)cc1. The molecule has 0 bridgehead atoms. The van der Waals surface area contributed by atoms with Gasteiger partial charge < -0.3 is 0 Å². The predicted molar refractivity (Wildman–Crippen MR) is 83.7 cm³/mol. The van der Waals surface area contributed by atoms with Gasteiger partial charge in [-0.2, -0.15) is 0 Å². The summed E-state index contributed by atoms with van der Waals surface area (Å²) < 4.78 is 40.3. The van der Waals surface area contributed by atoms with Crippen molar-refractivity contribution in [2.75, 3.05) is 0 Å². The Kier molecular flexibility index (Phi) is 3.22. The van der Waals surface area contributed by atoms with Crippen LogP contribution in [0.1, 0.15) is 22.6 Å². The van der Waals surface area contributed by atoms with Crippen LogP contribution in [0, 0.1) is 17.5 Å². The molecule has 0 N–H and O–H groups in total. The van der Waals surface area contributed by atoms with Crippen molar-refractivity contribution in [3.63, 3.8) is 0 Å². The molecule has 0 atom stereocenters. The van der Waals surface area contributed by atoms with Crippen molar-refractivity contribution >= 4 is 0 Å². The molecule has 0 aliphatic heterocycles. The third kappa shape index (κ3) is 2.42. The van der Waals surface area contributed by atoms with E-state index in [-0.39, 0.29) is 23.4 Å². The van der Waals surface area contributed by atoms with Gasteiger partial charge in [0.15, 0.2) is 0 Å². The monoisotopic (exact) mass is 310 g/mol. The van der Waals surface area contributed by atoms with E-state index in [0.29, 0.717) is 6.42 Å². The Labute approximate surface area is 132 Å². The van der Waals surface area contributed by atoms with Gasteiger partial charge >= 0.3 is 0 Å². The number of fused-ring (bicyclic) bond motifs is 3. The van der Waals surface area contributed by atoms with Crippen LogP contribution in [0.4, 0.5) is 13.2 Å². The molecular weight excluding hydrogens is 297 g/mol. The minimum atomic E-state index is -0.332. The first kappa shape index (κ1) is 14.1. The highest BCUT2D eigenvalue weighted by Crippen LogP contribution is 2.46. The van der Waals surface area contributed by atoms with Gasteiger partial charge in [-0.1, -0.05) is 24.3 Å². The van der Waals surface area contributed by atoms with Crippen LogP contribution in [0.3, 0.4) is 0 Å². The van der Waals surface area contributed by atoms with Gasteiger partial charge in [-0.25, -0.2) is 13.2 Å². The fourth-order valence-electron chi connectivity index (χ4n) is 3.37. The summed E-state index contributed by atoms with van der Waals surface area (Å²) in [5.41, 5.74) is 4.44. The zero-order valence-corrected chi connectivity index (χ0v) is 12.2. The van der Waals surface area contributed by atoms with Crippen LogP contribution < -0.4 is 0 Å². The lowest BCUT2D eigenvalue weighted by Gasteiger charge is -2.14. The summed E-state index contributed by atoms with van der Waals surface area (Å²) in [5, 5.41) is 0. The largest absolute Gasteiger partial charge is 0.207 e. The number of halogens is 3. The number of hydrogen-bond acceptors (Lipinski definition) is 0. The Hall–Kier alpha value is -2.55. The minimum Gasteiger partial charge on any atom is -0.207 e. The smallest absolute Gasteiger partial charge is 0.123 e. The van der Waals surface area contributed by atoms with Gasteiger partial charge in [-0.3, -0.25) is 0 Å². The molecule has 0 radical (unpaired) electrons. The van der Waals surface area contributed by atoms with Crippen LogP contribution in [0.5, 0.6) is 0 Å². The molecule has 3 heteroatoms. The topological polar surface area (TPSA) is 0 Å². The molecule has 0 unspecified atom stereocenters. The van der Waals surface area contributed by atoms with Crippen molar-refractivity contribution in [2.24, 2.45) is 0 Å². The fourth-order valence-corrected chi connectivity index (χ4v) is 3.37. The molecule has 0 nitrogen and oxygen atoms in total. The van der Waals surface area contributed by atoms with Crippen LogP contribution in [-0.2, 0) is 6.42 Å². The zero-order chi connectivity index (χ0) is 16.0. The van der Waals surface area contributed by atoms with Crippen LogP contribution in [0.25, 0.3) is 11.1 Å². The molecule has 0 saturated heterocycles. The number of rotatable bonds is 2. The molecule has 3 aromatic rings. The molecule has 0 aromatic heterocycles. The molecule has 0 fully saturated rings. The third-order valence-corrected chi connectivity index (χ3v) is 4.42. The quantitative estimate of drug-likeness (QED) is 0.589. The molecule has 3 aromatic carbocycles. The van der Waals surface area contributed by atoms with Gasteiger partial charge in [0.05, 0.1) is 0 Å². The van der Waals surface area contributed by atoms with Crippen LogP contribution in [-0.4, -0.2) is 0 Å². The van der Waals surface area contributed by atoms with Crippen molar-refractivity contribution < 1.29 is 13.2 Å². The lowest BCUT2D eigenvalue weighted by molar-refractivity contribution is 0.625. The summed E-state index contributed by atoms with van der Waals surface area (Å²) in [6.07, 6.45) is 0.664. The molecule has 0 saturated carbocycles. The maximum Gasteiger partial charge on any atom is 0.123 e. The van der Waals surface area contributed by atoms with Gasteiger partial charge in [0.1, 0.15) is 17.5 Å². The highest BCUT2D eigenvalue weighted by molar-refractivity contribution is 5.79. The van der Waals surface area contributed by atoms with Crippen molar-refractivity contribution in [2.45, 2.75) is 12.3 Å². The first-order chi connectivity index (χ1) is 11.1. The summed E-state index contributed by atoms with van der Waals surface area (Å²) in [6, 6.07) is 15.7. The Balaban J connectivity index is 1.83. The van der Waals surface area contributed by atoms with E-state index < -0.39 is 0 Å². The summed E-state index contributed by atoms with van der Waals surface area (Å²) in [6.45, 7) is 0. The molecule has 1 aliphatic carbocycles. The Morgan fingerprint density at radius 1 is 0.609 bits per heavy atom. The van der Waals surface area contributed by atoms with Crippen LogP contribution in [0.2, 0.25) is 0 Å². The lowest BCUT2D eigenvalue weighted by atomic mass is 9.90. The van der Waals surface area contributed by atoms with Crippen molar-refractivity contribution in [3.05, 3.63) is 94.8 Å². The Morgan fingerprint density at radius 2 is 1.09 bits per heavy atom. The summed E-state index contributed by atoms with van der Waals surface area (Å²) in [5.74, 6) is -0.917. The van der Waals surface area contributed by atoms with Gasteiger partial charge in [0.2, 0.25) is 0 Å². The van der Waals surface area contributed by atoms with E-state index in [1.54, 1.807) is 24.3 Å². The number of hydrogen-bond donors (Lipinski definition) is 0. The zero-order valence-electron chi connectivity index (χ0n) is 12.2. The second kappa shape index (κ2) is 5.27. The fraction of sp³-hybridized carbons (Fsp3) is 0.100. The molecule has 23 heavy (non-hydrogen) atoms. The van der Waals surface area contributed by atoms with Crippen molar-refractivity contribution in [3.8, 4) is 11.1 Å². The number of benzene rings is 3. The summed E-state index contributed by atoms with van der Waals surface area (Å²) >= 11 is 0. The second-order valence-corrected chi connectivity index (χ2v) is 5.85. The summed E-state index contributed by atoms with van der Waals surface area (Å²) in [7, 11) is 0. The van der Waals surface area contributed by atoms with E-state index in [0.717, 1.165) is 27.8 Å². The van der Waals surface area contributed by atoms with E-state index in [9.17, 15) is 13.2 Å². The summed E-state index contributed by atoms with van der Waals surface area (Å²) in [4.78, 5) is 0. The maximum absolute atomic E-state index is 13.6. The molecule has 0 spiro atoms. The van der Waals surface area contributed by atoms with Crippen LogP contribution in [0.15, 0.2) is 60.7 Å². The molecule has 0 heterocycles. The molecule has 4 rings (SSSR count). The van der Waals surface area contributed by atoms with Crippen molar-refractivity contribution in [1.82, 2.24) is 0 Å². The highest BCUT2D eigenvalue weighted by atomic mass is 19.1. The van der Waals surface area contributed by atoms with E-state index in [2.05, 4.69) is 0 Å². The van der Waals surface area contributed by atoms with E-state index >= 15 is 0 Å². The average Bonchev–Trinajstić information content (AvgIpc) is 2.82. The Morgan fingerprint density at radius 3 is 1.61 bits per heavy atom. The normalized spacial score (nSPS) is 13.0. The average molecular weight is 310 g/mol. The first-order valence-corrected chi connectivity index (χ1v) is 7.45. The maximum atomic E-state index is 13.6. The van der Waals surface area contributed by atoms with Gasteiger partial charge in [0, 0.05) is 5.92 Å². The third-order valence-electron chi connectivity index (χ3n) is 4.42. The minimum absolute atomic E-state index is 0.0201. The molecule has 114 valence electrons. The highest BCUT2D eigenvalue weighted by Gasteiger charge is 2.29. The van der Waals surface area contributed by atoms with Gasteiger partial charge in [-0.05, 0) is 70.6 Å². The molecular formula is C20H13F3. The van der Waals surface area contributed by atoms with Gasteiger partial charge in [0.25, 0.3) is 0 Å². The van der Waals surface area contributed by atoms with Crippen LogP contribution >= 0.6 is 0 Å². The molecule has 0 amide bonds. The van der Waals surface area contributed by atoms with E-state index in [4.69, 9.17) is 0 Å². The first-order valence-electron chi connectivity index (χ1n) is 7.45. The second-order valence-electron chi connectivity index (χ2n) is 5.85. The molecule has 1 aliphatic rings. The lowest BCUT2D eigenvalue weighted by Crippen LogP contribution is -2.01. The van der Waals surface area contributed by atoms with Crippen molar-refractivity contribution in [1.29, 1.82) is 0 Å². The van der Waals surface area contributed by atoms with Gasteiger partial charge in [-0.15, -0.1) is 0 Å².